The lowest BCUT2D eigenvalue weighted by atomic mass is 10.2. The molecule has 1 aromatic rings. The topological polar surface area (TPSA) is 54.9 Å². The lowest BCUT2D eigenvalue weighted by molar-refractivity contribution is -0.120. The molecule has 0 saturated carbocycles. The monoisotopic (exact) mass is 195 g/mol. The Morgan fingerprint density at radius 2 is 2.54 bits per heavy atom. The van der Waals surface area contributed by atoms with Gasteiger partial charge >= 0.3 is 0 Å². The molecule has 2 rings (SSSR count). The summed E-state index contributed by atoms with van der Waals surface area (Å²) in [5, 5.41) is 2.65. The van der Waals surface area contributed by atoms with Crippen LogP contribution in [0.4, 0.5) is 0 Å². The first-order valence-electron chi connectivity index (χ1n) is 4.03. The van der Waals surface area contributed by atoms with Crippen LogP contribution < -0.4 is 5.32 Å². The van der Waals surface area contributed by atoms with Crippen LogP contribution in [0, 0.1) is 0 Å². The maximum absolute atomic E-state index is 11.4. The van der Waals surface area contributed by atoms with E-state index < -0.39 is 0 Å². The molecule has 1 unspecified atom stereocenters. The number of aromatic nitrogens is 2. The second-order valence-electron chi connectivity index (χ2n) is 2.68. The molecule has 0 spiro atoms. The van der Waals surface area contributed by atoms with Crippen molar-refractivity contribution < 1.29 is 4.79 Å². The van der Waals surface area contributed by atoms with Crippen molar-refractivity contribution in [1.82, 2.24) is 15.3 Å². The van der Waals surface area contributed by atoms with E-state index in [0.717, 1.165) is 18.0 Å². The van der Waals surface area contributed by atoms with Gasteiger partial charge in [-0.25, -0.2) is 9.97 Å². The van der Waals surface area contributed by atoms with E-state index in [0.29, 0.717) is 0 Å². The summed E-state index contributed by atoms with van der Waals surface area (Å²) in [6.07, 6.45) is 3.13. The zero-order valence-electron chi connectivity index (χ0n) is 6.93. The van der Waals surface area contributed by atoms with Crippen LogP contribution in [0.25, 0.3) is 0 Å². The van der Waals surface area contributed by atoms with E-state index in [1.807, 2.05) is 0 Å². The van der Waals surface area contributed by atoms with E-state index in [4.69, 9.17) is 0 Å². The smallest absolute Gasteiger partial charge is 0.239 e. The quantitative estimate of drug-likeness (QED) is 0.704. The van der Waals surface area contributed by atoms with Crippen LogP contribution in [-0.4, -0.2) is 28.2 Å². The minimum absolute atomic E-state index is 0.0509. The van der Waals surface area contributed by atoms with Crippen molar-refractivity contribution in [3.8, 4) is 0 Å². The van der Waals surface area contributed by atoms with Gasteiger partial charge in [-0.1, -0.05) is 0 Å². The van der Waals surface area contributed by atoms with E-state index in [-0.39, 0.29) is 11.2 Å². The molecular formula is C8H9N3OS. The molecule has 1 aliphatic rings. The van der Waals surface area contributed by atoms with Crippen LogP contribution >= 0.6 is 11.8 Å². The minimum Gasteiger partial charge on any atom is -0.354 e. The highest BCUT2D eigenvalue weighted by atomic mass is 32.2. The fourth-order valence-corrected chi connectivity index (χ4v) is 2.20. The molecule has 4 nitrogen and oxygen atoms in total. The molecule has 68 valence electrons. The Balaban J connectivity index is 2.20. The molecule has 2 heterocycles. The largest absolute Gasteiger partial charge is 0.354 e. The highest BCUT2D eigenvalue weighted by molar-refractivity contribution is 8.00. The van der Waals surface area contributed by atoms with Crippen LogP contribution in [0.3, 0.4) is 0 Å². The number of carbonyl (C=O) groups is 1. The molecule has 1 fully saturated rings. The first-order valence-corrected chi connectivity index (χ1v) is 5.08. The van der Waals surface area contributed by atoms with Gasteiger partial charge in [0.15, 0.2) is 0 Å². The molecule has 1 aromatic heterocycles. The summed E-state index contributed by atoms with van der Waals surface area (Å²) in [4.78, 5) is 19.3. The molecule has 1 aliphatic heterocycles. The first-order chi connectivity index (χ1) is 6.38. The highest BCUT2D eigenvalue weighted by Gasteiger charge is 2.25. The van der Waals surface area contributed by atoms with Gasteiger partial charge in [0.25, 0.3) is 0 Å². The third-order valence-corrected chi connectivity index (χ3v) is 3.03. The SMILES string of the molecule is O=C1NCCSC1c1ccncn1. The van der Waals surface area contributed by atoms with Crippen molar-refractivity contribution in [3.05, 3.63) is 24.3 Å². The Morgan fingerprint density at radius 3 is 3.23 bits per heavy atom. The maximum Gasteiger partial charge on any atom is 0.239 e. The van der Waals surface area contributed by atoms with E-state index in [1.54, 1.807) is 24.0 Å². The van der Waals surface area contributed by atoms with Crippen molar-refractivity contribution in [1.29, 1.82) is 0 Å². The normalized spacial score (nSPS) is 22.5. The number of hydrogen-bond donors (Lipinski definition) is 1. The lowest BCUT2D eigenvalue weighted by Gasteiger charge is -2.20. The van der Waals surface area contributed by atoms with E-state index in [9.17, 15) is 4.79 Å². The van der Waals surface area contributed by atoms with Crippen molar-refractivity contribution in [3.63, 3.8) is 0 Å². The zero-order chi connectivity index (χ0) is 9.10. The summed E-state index contributed by atoms with van der Waals surface area (Å²) >= 11 is 1.62. The average Bonchev–Trinajstić information content (AvgIpc) is 2.20. The Labute approximate surface area is 80.2 Å². The fourth-order valence-electron chi connectivity index (χ4n) is 1.20. The van der Waals surface area contributed by atoms with Gasteiger partial charge in [-0.2, -0.15) is 0 Å². The summed E-state index contributed by atoms with van der Waals surface area (Å²) in [7, 11) is 0. The number of nitrogens with zero attached hydrogens (tertiary/aromatic N) is 2. The molecule has 0 aromatic carbocycles. The number of rotatable bonds is 1. The van der Waals surface area contributed by atoms with Gasteiger partial charge in [-0.3, -0.25) is 4.79 Å². The number of nitrogens with one attached hydrogen (secondary N) is 1. The Kier molecular flexibility index (Phi) is 2.44. The van der Waals surface area contributed by atoms with Crippen LogP contribution in [-0.2, 0) is 4.79 Å². The summed E-state index contributed by atoms with van der Waals surface area (Å²) in [6, 6.07) is 1.78. The summed E-state index contributed by atoms with van der Waals surface area (Å²) in [6.45, 7) is 0.755. The van der Waals surface area contributed by atoms with Gasteiger partial charge < -0.3 is 5.32 Å². The lowest BCUT2D eigenvalue weighted by Crippen LogP contribution is -2.34. The number of thioether (sulfide) groups is 1. The van der Waals surface area contributed by atoms with Crippen LogP contribution in [0.2, 0.25) is 0 Å². The zero-order valence-corrected chi connectivity index (χ0v) is 7.75. The summed E-state index contributed by atoms with van der Waals surface area (Å²) in [5.41, 5.74) is 0.789. The second kappa shape index (κ2) is 3.74. The van der Waals surface area contributed by atoms with E-state index in [2.05, 4.69) is 15.3 Å². The first kappa shape index (κ1) is 8.50. The molecule has 1 saturated heterocycles. The molecular weight excluding hydrogens is 186 g/mol. The van der Waals surface area contributed by atoms with Gasteiger partial charge in [0.05, 0.1) is 5.69 Å². The van der Waals surface area contributed by atoms with Crippen molar-refractivity contribution in [2.24, 2.45) is 0 Å². The molecule has 1 N–H and O–H groups in total. The predicted molar refractivity (Wildman–Crippen MR) is 50.2 cm³/mol. The van der Waals surface area contributed by atoms with Gasteiger partial charge in [0, 0.05) is 18.5 Å². The fraction of sp³-hybridized carbons (Fsp3) is 0.375. The number of amides is 1. The minimum atomic E-state index is -0.156. The molecule has 1 atom stereocenters. The number of carbonyl (C=O) groups excluding carboxylic acids is 1. The van der Waals surface area contributed by atoms with Crippen molar-refractivity contribution in [2.45, 2.75) is 5.25 Å². The third kappa shape index (κ3) is 1.80. The Bertz CT molecular complexity index is 304. The Morgan fingerprint density at radius 1 is 1.62 bits per heavy atom. The van der Waals surface area contributed by atoms with E-state index >= 15 is 0 Å². The van der Waals surface area contributed by atoms with Gasteiger partial charge in [-0.15, -0.1) is 11.8 Å². The summed E-state index contributed by atoms with van der Waals surface area (Å²) in [5.74, 6) is 0.996. The van der Waals surface area contributed by atoms with Crippen LogP contribution in [0.5, 0.6) is 0 Å². The molecule has 1 amide bonds. The predicted octanol–water partition coefficient (Wildman–Crippen LogP) is 0.381. The van der Waals surface area contributed by atoms with Gasteiger partial charge in [-0.05, 0) is 6.07 Å². The molecule has 0 bridgehead atoms. The van der Waals surface area contributed by atoms with Gasteiger partial charge in [0.1, 0.15) is 11.6 Å². The molecule has 0 aliphatic carbocycles. The maximum atomic E-state index is 11.4. The third-order valence-electron chi connectivity index (χ3n) is 1.80. The average molecular weight is 195 g/mol. The Hall–Kier alpha value is -1.10. The van der Waals surface area contributed by atoms with Crippen LogP contribution in [0.15, 0.2) is 18.6 Å². The van der Waals surface area contributed by atoms with E-state index in [1.165, 1.54) is 6.33 Å². The number of hydrogen-bond acceptors (Lipinski definition) is 4. The highest BCUT2D eigenvalue weighted by Crippen LogP contribution is 2.28. The van der Waals surface area contributed by atoms with Crippen molar-refractivity contribution in [2.75, 3.05) is 12.3 Å². The van der Waals surface area contributed by atoms with Gasteiger partial charge in [0.2, 0.25) is 5.91 Å². The molecule has 13 heavy (non-hydrogen) atoms. The summed E-state index contributed by atoms with van der Waals surface area (Å²) < 4.78 is 0. The second-order valence-corrected chi connectivity index (χ2v) is 3.89. The van der Waals surface area contributed by atoms with Crippen molar-refractivity contribution >= 4 is 17.7 Å². The standard InChI is InChI=1S/C8H9N3OS/c12-8-7(13-4-3-10-8)6-1-2-9-5-11-6/h1-2,5,7H,3-4H2,(H,10,12). The molecule has 5 heteroatoms. The van der Waals surface area contributed by atoms with Crippen LogP contribution in [0.1, 0.15) is 10.9 Å². The molecule has 0 radical (unpaired) electrons.